The highest BCUT2D eigenvalue weighted by Crippen LogP contribution is 2.55. The SMILES string of the molecule is C=C/C=C/C=C/C(CCCCCC)P(=O)(OCC)OCC. The zero-order valence-electron chi connectivity index (χ0n) is 13.8. The molecule has 0 spiro atoms. The molecule has 0 aromatic rings. The second kappa shape index (κ2) is 13.1. The van der Waals surface area contributed by atoms with Gasteiger partial charge in [0.1, 0.15) is 0 Å². The first kappa shape index (κ1) is 20.4. The Hall–Kier alpha value is -0.630. The van der Waals surface area contributed by atoms with E-state index in [4.69, 9.17) is 9.05 Å². The molecule has 3 nitrogen and oxygen atoms in total. The van der Waals surface area contributed by atoms with Crippen LogP contribution >= 0.6 is 7.60 Å². The van der Waals surface area contributed by atoms with Gasteiger partial charge in [0.25, 0.3) is 0 Å². The molecule has 0 aliphatic heterocycles. The van der Waals surface area contributed by atoms with Gasteiger partial charge in [-0.3, -0.25) is 4.57 Å². The van der Waals surface area contributed by atoms with E-state index >= 15 is 0 Å². The number of rotatable bonds is 13. The van der Waals surface area contributed by atoms with E-state index in [2.05, 4.69) is 13.5 Å². The molecule has 0 saturated heterocycles. The van der Waals surface area contributed by atoms with Crippen molar-refractivity contribution in [1.82, 2.24) is 0 Å². The van der Waals surface area contributed by atoms with Crippen molar-refractivity contribution in [3.8, 4) is 0 Å². The molecular weight excluding hydrogens is 283 g/mol. The lowest BCUT2D eigenvalue weighted by molar-refractivity contribution is 0.214. The molecule has 0 aliphatic carbocycles. The minimum absolute atomic E-state index is 0.177. The summed E-state index contributed by atoms with van der Waals surface area (Å²) in [7, 11) is -3.07. The van der Waals surface area contributed by atoms with Crippen molar-refractivity contribution in [3.63, 3.8) is 0 Å². The first-order valence-corrected chi connectivity index (χ1v) is 9.60. The summed E-state index contributed by atoms with van der Waals surface area (Å²) in [6.07, 6.45) is 14.7. The Kier molecular flexibility index (Phi) is 12.7. The Morgan fingerprint density at radius 2 is 1.67 bits per heavy atom. The molecule has 0 bridgehead atoms. The van der Waals surface area contributed by atoms with Crippen LogP contribution in [0.25, 0.3) is 0 Å². The fraction of sp³-hybridized carbons (Fsp3) is 0.647. The third-order valence-corrected chi connectivity index (χ3v) is 5.55. The smallest absolute Gasteiger partial charge is 0.308 e. The van der Waals surface area contributed by atoms with Gasteiger partial charge in [-0.25, -0.2) is 0 Å². The number of hydrogen-bond donors (Lipinski definition) is 0. The maximum absolute atomic E-state index is 12.9. The van der Waals surface area contributed by atoms with Crippen LogP contribution in [0.1, 0.15) is 52.9 Å². The van der Waals surface area contributed by atoms with Crippen LogP contribution in [-0.4, -0.2) is 18.9 Å². The minimum Gasteiger partial charge on any atom is -0.308 e. The second-order valence-electron chi connectivity index (χ2n) is 4.80. The molecule has 1 atom stereocenters. The van der Waals surface area contributed by atoms with Gasteiger partial charge in [0.2, 0.25) is 0 Å². The highest BCUT2D eigenvalue weighted by atomic mass is 31.2. The van der Waals surface area contributed by atoms with Gasteiger partial charge < -0.3 is 9.05 Å². The first-order chi connectivity index (χ1) is 10.1. The van der Waals surface area contributed by atoms with Crippen LogP contribution in [0.3, 0.4) is 0 Å². The summed E-state index contributed by atoms with van der Waals surface area (Å²) >= 11 is 0. The summed E-state index contributed by atoms with van der Waals surface area (Å²) in [5.41, 5.74) is -0.177. The van der Waals surface area contributed by atoms with E-state index in [1.807, 2.05) is 38.2 Å². The monoisotopic (exact) mass is 314 g/mol. The molecule has 0 saturated carbocycles. The highest BCUT2D eigenvalue weighted by Gasteiger charge is 2.32. The molecule has 0 heterocycles. The van der Waals surface area contributed by atoms with Gasteiger partial charge in [0.15, 0.2) is 0 Å². The first-order valence-electron chi connectivity index (χ1n) is 7.99. The van der Waals surface area contributed by atoms with Crippen molar-refractivity contribution in [2.75, 3.05) is 13.2 Å². The van der Waals surface area contributed by atoms with Gasteiger partial charge in [-0.1, -0.05) is 69.6 Å². The summed E-state index contributed by atoms with van der Waals surface area (Å²) in [5.74, 6) is 0. The van der Waals surface area contributed by atoms with Crippen LogP contribution in [0.5, 0.6) is 0 Å². The van der Waals surface area contributed by atoms with E-state index < -0.39 is 7.60 Å². The van der Waals surface area contributed by atoms with Gasteiger partial charge in [-0.2, -0.15) is 0 Å². The Balaban J connectivity index is 4.87. The number of unbranched alkanes of at least 4 members (excludes halogenated alkanes) is 3. The molecule has 21 heavy (non-hydrogen) atoms. The van der Waals surface area contributed by atoms with Crippen LogP contribution in [0, 0.1) is 0 Å². The Morgan fingerprint density at radius 3 is 2.19 bits per heavy atom. The van der Waals surface area contributed by atoms with Crippen molar-refractivity contribution in [1.29, 1.82) is 0 Å². The highest BCUT2D eigenvalue weighted by molar-refractivity contribution is 7.54. The van der Waals surface area contributed by atoms with Crippen molar-refractivity contribution in [3.05, 3.63) is 37.0 Å². The van der Waals surface area contributed by atoms with Gasteiger partial charge in [-0.15, -0.1) is 0 Å². The summed E-state index contributed by atoms with van der Waals surface area (Å²) in [5, 5.41) is 0. The second-order valence-corrected chi connectivity index (χ2v) is 7.06. The average molecular weight is 314 g/mol. The molecule has 0 fully saturated rings. The van der Waals surface area contributed by atoms with E-state index in [1.54, 1.807) is 6.08 Å². The molecule has 0 aliphatic rings. The largest absolute Gasteiger partial charge is 0.337 e. The predicted octanol–water partition coefficient (Wildman–Crippen LogP) is 5.89. The van der Waals surface area contributed by atoms with Crippen LogP contribution < -0.4 is 0 Å². The van der Waals surface area contributed by atoms with Crippen molar-refractivity contribution < 1.29 is 13.6 Å². The third-order valence-electron chi connectivity index (χ3n) is 3.07. The van der Waals surface area contributed by atoms with Gasteiger partial charge in [0.05, 0.1) is 18.9 Å². The lowest BCUT2D eigenvalue weighted by Crippen LogP contribution is -2.11. The topological polar surface area (TPSA) is 35.5 Å². The average Bonchev–Trinajstić information content (AvgIpc) is 2.46. The maximum Gasteiger partial charge on any atom is 0.337 e. The molecule has 0 aromatic heterocycles. The third kappa shape index (κ3) is 9.08. The molecule has 0 amide bonds. The van der Waals surface area contributed by atoms with Crippen LogP contribution in [0.15, 0.2) is 37.0 Å². The lowest BCUT2D eigenvalue weighted by atomic mass is 10.1. The van der Waals surface area contributed by atoms with Crippen LogP contribution in [0.2, 0.25) is 0 Å². The van der Waals surface area contributed by atoms with E-state index in [-0.39, 0.29) is 5.66 Å². The van der Waals surface area contributed by atoms with Crippen LogP contribution in [0.4, 0.5) is 0 Å². The fourth-order valence-electron chi connectivity index (χ4n) is 2.06. The normalized spacial score (nSPS) is 14.0. The van der Waals surface area contributed by atoms with Crippen LogP contribution in [-0.2, 0) is 13.6 Å². The lowest BCUT2D eigenvalue weighted by Gasteiger charge is -2.24. The molecule has 0 N–H and O–H groups in total. The van der Waals surface area contributed by atoms with Crippen molar-refractivity contribution in [2.45, 2.75) is 58.5 Å². The molecule has 0 rings (SSSR count). The summed E-state index contributed by atoms with van der Waals surface area (Å²) in [6.45, 7) is 10.3. The standard InChI is InChI=1S/C17H31O3P/c1-5-9-11-13-15-17(16-14-12-10-6-2)21(18,19-7-3)20-8-4/h5,9,11,13,15,17H,1,6-8,10,12,14,16H2,2-4H3/b11-9+,15-13+. The molecule has 122 valence electrons. The van der Waals surface area contributed by atoms with Gasteiger partial charge in [0, 0.05) is 0 Å². The summed E-state index contributed by atoms with van der Waals surface area (Å²) in [4.78, 5) is 0. The predicted molar refractivity (Wildman–Crippen MR) is 91.9 cm³/mol. The number of allylic oxidation sites excluding steroid dienone is 5. The fourth-order valence-corrected chi connectivity index (χ4v) is 4.05. The molecule has 1 unspecified atom stereocenters. The van der Waals surface area contributed by atoms with E-state index in [1.165, 1.54) is 12.8 Å². The zero-order chi connectivity index (χ0) is 16.0. The summed E-state index contributed by atoms with van der Waals surface area (Å²) in [6, 6.07) is 0. The van der Waals surface area contributed by atoms with Gasteiger partial charge >= 0.3 is 7.60 Å². The van der Waals surface area contributed by atoms with Crippen molar-refractivity contribution in [2.24, 2.45) is 0 Å². The van der Waals surface area contributed by atoms with Crippen molar-refractivity contribution >= 4 is 7.60 Å². The quantitative estimate of drug-likeness (QED) is 0.241. The minimum atomic E-state index is -3.07. The van der Waals surface area contributed by atoms with E-state index in [9.17, 15) is 4.57 Å². The zero-order valence-corrected chi connectivity index (χ0v) is 14.7. The Bertz CT molecular complexity index is 351. The molecule has 4 heteroatoms. The molecule has 0 radical (unpaired) electrons. The van der Waals surface area contributed by atoms with Gasteiger partial charge in [-0.05, 0) is 20.3 Å². The van der Waals surface area contributed by atoms with E-state index in [0.29, 0.717) is 13.2 Å². The number of hydrogen-bond acceptors (Lipinski definition) is 3. The summed E-state index contributed by atoms with van der Waals surface area (Å²) < 4.78 is 23.9. The Labute approximate surface area is 130 Å². The Morgan fingerprint density at radius 1 is 1.00 bits per heavy atom. The molecular formula is C17H31O3P. The maximum atomic E-state index is 12.9. The molecule has 0 aromatic carbocycles. The van der Waals surface area contributed by atoms with E-state index in [0.717, 1.165) is 19.3 Å².